The van der Waals surface area contributed by atoms with Crippen molar-refractivity contribution in [2.24, 2.45) is 53.3 Å². The van der Waals surface area contributed by atoms with Gasteiger partial charge in [-0.1, -0.05) is 118 Å². The average molecular weight is 917 g/mol. The van der Waals surface area contributed by atoms with Gasteiger partial charge in [0.1, 0.15) is 16.8 Å². The van der Waals surface area contributed by atoms with Crippen LogP contribution in [0.1, 0.15) is 156 Å². The highest BCUT2D eigenvalue weighted by Gasteiger charge is 2.41. The van der Waals surface area contributed by atoms with Gasteiger partial charge in [0.25, 0.3) is 10.1 Å². The van der Waals surface area contributed by atoms with E-state index >= 15 is 0 Å². The van der Waals surface area contributed by atoms with Crippen molar-refractivity contribution in [1.82, 2.24) is 9.80 Å². The highest BCUT2D eigenvalue weighted by molar-refractivity contribution is 8.00. The van der Waals surface area contributed by atoms with E-state index < -0.39 is 38.6 Å². The molecule has 0 saturated carbocycles. The second-order valence-corrected chi connectivity index (χ2v) is 22.6. The van der Waals surface area contributed by atoms with Gasteiger partial charge in [0.05, 0.1) is 0 Å². The van der Waals surface area contributed by atoms with Crippen molar-refractivity contribution in [3.63, 3.8) is 0 Å². The van der Waals surface area contributed by atoms with E-state index in [9.17, 15) is 51.6 Å². The number of carbonyl (C=O) groups excluding carboxylic acids is 9. The molecule has 1 N–H and O–H groups in total. The maximum atomic E-state index is 12.0. The molecule has 0 aliphatic carbocycles. The lowest BCUT2D eigenvalue weighted by atomic mass is 9.94. The number of likely N-dealkylation sites (tertiary alicyclic amines) is 2. The molecule has 0 aromatic rings. The Labute approximate surface area is 377 Å². The minimum Gasteiger partial charge on any atom is -0.299 e. The van der Waals surface area contributed by atoms with E-state index in [1.807, 2.05) is 76.2 Å². The molecule has 0 bridgehead atoms. The van der Waals surface area contributed by atoms with Crippen molar-refractivity contribution in [1.29, 1.82) is 0 Å². The van der Waals surface area contributed by atoms with Crippen LogP contribution in [0.3, 0.4) is 0 Å². The standard InChI is InChI=1S/C14H21NO4.C13H21NO3.C11H22O4S2.C8H16O/c1-8(2)10-7-12(17)15(14(10)19)6-5-11(16)13(18)9(3)4;1-8(2)10-7-12(16)14(13(10)17)6-5-11(15)9(3)4;1-7(2)11(12)10(17(13,14)15)6-9(5)16-8(3)4;1-6(2)5-8(9)7(3)4/h8-10H,5-7H2,1-4H3;8-10H,5-7H2,1-4H3;7-10H,6H2,1-5H3,(H,13,14,15);6-7H,5H2,1-4H3. The van der Waals surface area contributed by atoms with Gasteiger partial charge in [-0.3, -0.25) is 57.5 Å². The summed E-state index contributed by atoms with van der Waals surface area (Å²) in [6.45, 7) is 32.1. The van der Waals surface area contributed by atoms with E-state index in [-0.39, 0.29) is 115 Å². The predicted octanol–water partition coefficient (Wildman–Crippen LogP) is 7.48. The maximum Gasteiger partial charge on any atom is 0.275 e. The Morgan fingerprint density at radius 2 is 1.02 bits per heavy atom. The van der Waals surface area contributed by atoms with Gasteiger partial charge in [-0.2, -0.15) is 20.2 Å². The fourth-order valence-electron chi connectivity index (χ4n) is 6.31. The summed E-state index contributed by atoms with van der Waals surface area (Å²) in [6.07, 6.45) is 1.62. The van der Waals surface area contributed by atoms with Gasteiger partial charge < -0.3 is 0 Å². The summed E-state index contributed by atoms with van der Waals surface area (Å²) >= 11 is 1.60. The van der Waals surface area contributed by atoms with E-state index in [4.69, 9.17) is 4.55 Å². The van der Waals surface area contributed by atoms with Crippen molar-refractivity contribution in [3.05, 3.63) is 0 Å². The molecule has 0 spiro atoms. The SMILES string of the molecule is CC(C)C(=O)C(=O)CCN1C(=O)CC(C(C)C)C1=O.CC(C)C(=O)CCN1C(=O)CC(C(C)C)C1=O.CC(C)CC(=O)C(C)C.CC(C)SC(C)CC(C(=O)C(C)C)S(=O)(=O)O. The summed E-state index contributed by atoms with van der Waals surface area (Å²) in [4.78, 5) is 107. The minimum atomic E-state index is -4.30. The molecule has 358 valence electrons. The van der Waals surface area contributed by atoms with Crippen molar-refractivity contribution >= 4 is 74.4 Å². The lowest BCUT2D eigenvalue weighted by Crippen LogP contribution is -2.35. The highest BCUT2D eigenvalue weighted by atomic mass is 32.2. The lowest BCUT2D eigenvalue weighted by molar-refractivity contribution is -0.143. The number of amides is 4. The normalized spacial score (nSPS) is 17.8. The summed E-state index contributed by atoms with van der Waals surface area (Å²) in [7, 11) is -4.30. The first-order valence-corrected chi connectivity index (χ1v) is 24.6. The smallest absolute Gasteiger partial charge is 0.275 e. The number of hydrogen-bond acceptors (Lipinski definition) is 12. The predicted molar refractivity (Wildman–Crippen MR) is 245 cm³/mol. The average Bonchev–Trinajstić information content (AvgIpc) is 3.59. The van der Waals surface area contributed by atoms with E-state index in [1.54, 1.807) is 39.5 Å². The number of rotatable bonds is 21. The van der Waals surface area contributed by atoms with Crippen LogP contribution in [0.2, 0.25) is 0 Å². The van der Waals surface area contributed by atoms with Crippen molar-refractivity contribution in [3.8, 4) is 0 Å². The summed E-state index contributed by atoms with van der Waals surface area (Å²) in [5.74, 6) is -1.85. The second-order valence-electron chi connectivity index (χ2n) is 19.0. The molecule has 2 aliphatic rings. The van der Waals surface area contributed by atoms with Gasteiger partial charge in [-0.25, -0.2) is 0 Å². The first kappa shape index (κ1) is 61.0. The summed E-state index contributed by atoms with van der Waals surface area (Å²) in [6, 6.07) is 0. The van der Waals surface area contributed by atoms with Gasteiger partial charge in [-0.15, -0.1) is 0 Å². The van der Waals surface area contributed by atoms with Gasteiger partial charge >= 0.3 is 0 Å². The Morgan fingerprint density at radius 1 is 0.613 bits per heavy atom. The third-order valence-corrected chi connectivity index (χ3v) is 12.6. The van der Waals surface area contributed by atoms with Crippen LogP contribution in [0.15, 0.2) is 0 Å². The van der Waals surface area contributed by atoms with Crippen LogP contribution >= 0.6 is 11.8 Å². The molecule has 0 aromatic carbocycles. The molecule has 2 aliphatic heterocycles. The molecule has 2 heterocycles. The Hall–Kier alpha value is -3.11. The molecule has 4 atom stereocenters. The molecule has 4 amide bonds. The second kappa shape index (κ2) is 28.6. The summed E-state index contributed by atoms with van der Waals surface area (Å²) < 4.78 is 31.6. The fraction of sp³-hybridized carbons (Fsp3) is 0.804. The highest BCUT2D eigenvalue weighted by Crippen LogP contribution is 2.28. The molecule has 62 heavy (non-hydrogen) atoms. The number of thioether (sulfide) groups is 1. The first-order valence-electron chi connectivity index (χ1n) is 22.1. The minimum absolute atomic E-state index is 0.0182. The molecule has 0 aromatic heterocycles. The van der Waals surface area contributed by atoms with Gasteiger partial charge in [0.15, 0.2) is 11.6 Å². The van der Waals surface area contributed by atoms with Crippen molar-refractivity contribution in [2.75, 3.05) is 13.1 Å². The molecule has 4 unspecified atom stereocenters. The zero-order chi connectivity index (χ0) is 49.1. The van der Waals surface area contributed by atoms with E-state index in [0.29, 0.717) is 23.4 Å². The van der Waals surface area contributed by atoms with Crippen LogP contribution in [-0.4, -0.2) is 104 Å². The van der Waals surface area contributed by atoms with E-state index in [1.165, 1.54) is 4.90 Å². The summed E-state index contributed by atoms with van der Waals surface area (Å²) in [5, 5.41) is -0.908. The molecule has 0 radical (unpaired) electrons. The lowest BCUT2D eigenvalue weighted by Gasteiger charge is -2.20. The molecule has 16 heteroatoms. The van der Waals surface area contributed by atoms with Crippen LogP contribution in [0.25, 0.3) is 0 Å². The maximum absolute atomic E-state index is 12.0. The zero-order valence-electron chi connectivity index (χ0n) is 40.7. The largest absolute Gasteiger partial charge is 0.299 e. The number of nitrogens with zero attached hydrogens (tertiary/aromatic N) is 2. The van der Waals surface area contributed by atoms with Crippen LogP contribution in [-0.2, 0) is 53.3 Å². The quantitative estimate of drug-likeness (QED) is 0.0673. The summed E-state index contributed by atoms with van der Waals surface area (Å²) in [5.41, 5.74) is 0. The van der Waals surface area contributed by atoms with E-state index in [0.717, 1.165) is 11.3 Å². The van der Waals surface area contributed by atoms with Gasteiger partial charge in [0, 0.05) is 86.0 Å². The van der Waals surface area contributed by atoms with Gasteiger partial charge in [0.2, 0.25) is 29.4 Å². The van der Waals surface area contributed by atoms with Crippen molar-refractivity contribution < 1.29 is 56.1 Å². The Bertz CT molecular complexity index is 1650. The molecular weight excluding hydrogens is 837 g/mol. The Morgan fingerprint density at radius 3 is 1.29 bits per heavy atom. The molecule has 2 saturated heterocycles. The van der Waals surface area contributed by atoms with Crippen molar-refractivity contribution in [2.45, 2.75) is 172 Å². The topological polar surface area (TPSA) is 214 Å². The Balaban J connectivity index is 0. The monoisotopic (exact) mass is 917 g/mol. The van der Waals surface area contributed by atoms with Crippen LogP contribution in [0, 0.1) is 53.3 Å². The van der Waals surface area contributed by atoms with Crippen LogP contribution in [0.4, 0.5) is 0 Å². The number of ketones is 5. The van der Waals surface area contributed by atoms with Gasteiger partial charge in [-0.05, 0) is 29.4 Å². The molecule has 14 nitrogen and oxygen atoms in total. The number of imide groups is 2. The molecule has 2 fully saturated rings. The molecule has 2 rings (SSSR count). The van der Waals surface area contributed by atoms with E-state index in [2.05, 4.69) is 13.8 Å². The zero-order valence-corrected chi connectivity index (χ0v) is 42.4. The fourth-order valence-corrected chi connectivity index (χ4v) is 8.77. The number of Topliss-reactive ketones (excluding diaryl/α,β-unsaturated/α-hetero) is 5. The number of carbonyl (C=O) groups is 9. The molecular formula is C46H80N2O12S2. The third kappa shape index (κ3) is 22.5. The Kier molecular flexibility index (Phi) is 28.2. The van der Waals surface area contributed by atoms with Crippen LogP contribution < -0.4 is 0 Å². The number of hydrogen-bond donors (Lipinski definition) is 1. The first-order chi connectivity index (χ1) is 28.2. The van der Waals surface area contributed by atoms with Crippen LogP contribution in [0.5, 0.6) is 0 Å². The third-order valence-electron chi connectivity index (χ3n) is 10.3.